The third-order valence-corrected chi connectivity index (χ3v) is 5.60. The molecule has 0 fully saturated rings. The van der Waals surface area contributed by atoms with Gasteiger partial charge in [0, 0.05) is 29.6 Å². The summed E-state index contributed by atoms with van der Waals surface area (Å²) in [6.45, 7) is 0. The summed E-state index contributed by atoms with van der Waals surface area (Å²) >= 11 is 13.5. The summed E-state index contributed by atoms with van der Waals surface area (Å²) in [5.41, 5.74) is 3.90. The quantitative estimate of drug-likeness (QED) is 0.241. The van der Waals surface area contributed by atoms with Crippen LogP contribution in [0.5, 0.6) is 0 Å². The number of hydrogen-bond acceptors (Lipinski definition) is 6. The first-order valence-corrected chi connectivity index (χ1v) is 11.0. The van der Waals surface area contributed by atoms with Gasteiger partial charge in [-0.3, -0.25) is 4.98 Å². The molecular weight excluding hydrogens is 456 g/mol. The van der Waals surface area contributed by atoms with Crippen LogP contribution in [0.25, 0.3) is 22.0 Å². The number of hydrogen-bond donors (Lipinski definition) is 2. The molecule has 5 nitrogen and oxygen atoms in total. The predicted octanol–water partition coefficient (Wildman–Crippen LogP) is 7.05. The van der Waals surface area contributed by atoms with E-state index >= 15 is 0 Å². The van der Waals surface area contributed by atoms with Crippen molar-refractivity contribution in [1.29, 1.82) is 5.26 Å². The fourth-order valence-electron chi connectivity index (χ4n) is 3.11. The zero-order valence-corrected chi connectivity index (χ0v) is 18.4. The topological polar surface area (TPSA) is 73.6 Å². The lowest BCUT2D eigenvalue weighted by Gasteiger charge is -2.14. The van der Waals surface area contributed by atoms with E-state index in [1.807, 2.05) is 30.5 Å². The maximum atomic E-state index is 14.5. The van der Waals surface area contributed by atoms with Crippen LogP contribution in [0.4, 0.5) is 21.5 Å². The van der Waals surface area contributed by atoms with Crippen molar-refractivity contribution in [2.45, 2.75) is 0 Å². The second kappa shape index (κ2) is 8.98. The van der Waals surface area contributed by atoms with Crippen LogP contribution >= 0.6 is 35.1 Å². The van der Waals surface area contributed by atoms with Gasteiger partial charge in [-0.1, -0.05) is 47.3 Å². The fraction of sp³-hybridized carbons (Fsp3) is 0.0455. The Morgan fingerprint density at radius 3 is 2.65 bits per heavy atom. The van der Waals surface area contributed by atoms with Crippen LogP contribution in [0.2, 0.25) is 10.2 Å². The van der Waals surface area contributed by atoms with Crippen LogP contribution in [-0.2, 0) is 0 Å². The molecule has 2 aromatic carbocycles. The number of nitriles is 1. The van der Waals surface area contributed by atoms with Gasteiger partial charge in [-0.25, -0.2) is 9.37 Å². The number of anilines is 3. The van der Waals surface area contributed by atoms with E-state index in [4.69, 9.17) is 23.2 Å². The molecule has 0 unspecified atom stereocenters. The van der Waals surface area contributed by atoms with Crippen molar-refractivity contribution in [2.24, 2.45) is 0 Å². The fourth-order valence-corrected chi connectivity index (χ4v) is 3.87. The van der Waals surface area contributed by atoms with Crippen LogP contribution < -0.4 is 10.0 Å². The van der Waals surface area contributed by atoms with Gasteiger partial charge >= 0.3 is 0 Å². The Bertz CT molecular complexity index is 1340. The Labute approximate surface area is 192 Å². The number of nitrogens with zero attached hydrogens (tertiary/aromatic N) is 3. The summed E-state index contributed by atoms with van der Waals surface area (Å²) in [5.74, 6) is -0.594. The molecule has 0 aliphatic rings. The SMILES string of the molecule is CSNc1cc(-c2ccc3ncc(C#N)c(Nc4cccc(Cl)c4F)c3c2)cnc1Cl. The monoisotopic (exact) mass is 469 g/mol. The Hall–Kier alpha value is -3.05. The summed E-state index contributed by atoms with van der Waals surface area (Å²) < 4.78 is 17.6. The smallest absolute Gasteiger partial charge is 0.165 e. The summed E-state index contributed by atoms with van der Waals surface area (Å²) in [6.07, 6.45) is 5.01. The second-order valence-electron chi connectivity index (χ2n) is 6.49. The first kappa shape index (κ1) is 21.2. The number of nitrogens with one attached hydrogen (secondary N) is 2. The molecule has 0 saturated heterocycles. The predicted molar refractivity (Wildman–Crippen MR) is 127 cm³/mol. The first-order chi connectivity index (χ1) is 15.0. The Balaban J connectivity index is 1.87. The van der Waals surface area contributed by atoms with Crippen LogP contribution in [0.15, 0.2) is 54.9 Å². The highest BCUT2D eigenvalue weighted by atomic mass is 35.5. The van der Waals surface area contributed by atoms with Crippen molar-refractivity contribution in [1.82, 2.24) is 9.97 Å². The standard InChI is InChI=1S/C22H14Cl2FN5S/c1-31-30-19-8-13(10-28-22(19)24)12-5-6-17-15(7-12)21(14(9-26)11-27-17)29-18-4-2-3-16(23)20(18)25/h2-8,10-11,30H,1H3,(H,27,29). The van der Waals surface area contributed by atoms with Crippen molar-refractivity contribution in [3.05, 3.63) is 76.4 Å². The molecule has 0 aliphatic carbocycles. The maximum Gasteiger partial charge on any atom is 0.165 e. The van der Waals surface area contributed by atoms with Gasteiger partial charge in [-0.15, -0.1) is 0 Å². The number of pyridine rings is 2. The molecule has 4 aromatic rings. The number of fused-ring (bicyclic) bond motifs is 1. The normalized spacial score (nSPS) is 10.7. The van der Waals surface area contributed by atoms with Gasteiger partial charge in [0.05, 0.1) is 33.2 Å². The molecule has 0 amide bonds. The number of halogens is 3. The van der Waals surface area contributed by atoms with Crippen molar-refractivity contribution in [2.75, 3.05) is 16.3 Å². The Kier molecular flexibility index (Phi) is 6.14. The molecule has 0 radical (unpaired) electrons. The van der Waals surface area contributed by atoms with E-state index in [1.165, 1.54) is 24.2 Å². The highest BCUT2D eigenvalue weighted by Gasteiger charge is 2.14. The lowest BCUT2D eigenvalue weighted by Crippen LogP contribution is -1.99. The lowest BCUT2D eigenvalue weighted by molar-refractivity contribution is 0.632. The van der Waals surface area contributed by atoms with E-state index in [9.17, 15) is 9.65 Å². The largest absolute Gasteiger partial charge is 0.351 e. The van der Waals surface area contributed by atoms with Gasteiger partial charge in [0.15, 0.2) is 11.0 Å². The molecule has 4 rings (SSSR count). The minimum absolute atomic E-state index is 0.0105. The zero-order valence-electron chi connectivity index (χ0n) is 16.1. The third-order valence-electron chi connectivity index (χ3n) is 4.58. The van der Waals surface area contributed by atoms with Gasteiger partial charge < -0.3 is 10.0 Å². The van der Waals surface area contributed by atoms with Gasteiger partial charge in [0.25, 0.3) is 0 Å². The Morgan fingerprint density at radius 1 is 1.03 bits per heavy atom. The van der Waals surface area contributed by atoms with E-state index in [2.05, 4.69) is 26.1 Å². The minimum Gasteiger partial charge on any atom is -0.351 e. The lowest BCUT2D eigenvalue weighted by atomic mass is 10.0. The van der Waals surface area contributed by atoms with Crippen LogP contribution in [0, 0.1) is 17.1 Å². The highest BCUT2D eigenvalue weighted by Crippen LogP contribution is 2.35. The number of aromatic nitrogens is 2. The summed E-state index contributed by atoms with van der Waals surface area (Å²) in [4.78, 5) is 8.60. The minimum atomic E-state index is -0.594. The molecule has 31 heavy (non-hydrogen) atoms. The summed E-state index contributed by atoms with van der Waals surface area (Å²) in [6, 6.07) is 14.3. The summed E-state index contributed by atoms with van der Waals surface area (Å²) in [5, 5.41) is 13.6. The molecule has 0 aliphatic heterocycles. The van der Waals surface area contributed by atoms with Crippen molar-refractivity contribution in [3.63, 3.8) is 0 Å². The van der Waals surface area contributed by atoms with E-state index in [-0.39, 0.29) is 16.3 Å². The molecule has 0 atom stereocenters. The average molecular weight is 470 g/mol. The molecule has 2 aromatic heterocycles. The van der Waals surface area contributed by atoms with Crippen molar-refractivity contribution >= 4 is 63.1 Å². The van der Waals surface area contributed by atoms with Crippen LogP contribution in [0.1, 0.15) is 5.56 Å². The number of benzene rings is 2. The van der Waals surface area contributed by atoms with E-state index < -0.39 is 5.82 Å². The average Bonchev–Trinajstić information content (AvgIpc) is 2.78. The van der Waals surface area contributed by atoms with E-state index in [0.29, 0.717) is 27.4 Å². The molecule has 2 N–H and O–H groups in total. The van der Waals surface area contributed by atoms with Gasteiger partial charge in [-0.05, 0) is 35.9 Å². The first-order valence-electron chi connectivity index (χ1n) is 9.00. The molecule has 9 heteroatoms. The third kappa shape index (κ3) is 4.23. The molecule has 0 spiro atoms. The van der Waals surface area contributed by atoms with E-state index in [0.717, 1.165) is 11.1 Å². The second-order valence-corrected chi connectivity index (χ2v) is 7.86. The van der Waals surface area contributed by atoms with Crippen LogP contribution in [-0.4, -0.2) is 16.2 Å². The van der Waals surface area contributed by atoms with E-state index in [1.54, 1.807) is 18.3 Å². The van der Waals surface area contributed by atoms with Gasteiger partial charge in [0.1, 0.15) is 6.07 Å². The van der Waals surface area contributed by atoms with Gasteiger partial charge in [-0.2, -0.15) is 5.26 Å². The molecule has 0 bridgehead atoms. The van der Waals surface area contributed by atoms with Crippen LogP contribution in [0.3, 0.4) is 0 Å². The van der Waals surface area contributed by atoms with Gasteiger partial charge in [0.2, 0.25) is 0 Å². The maximum absolute atomic E-state index is 14.5. The Morgan fingerprint density at radius 2 is 1.87 bits per heavy atom. The number of rotatable bonds is 5. The van der Waals surface area contributed by atoms with Crippen molar-refractivity contribution in [3.8, 4) is 17.2 Å². The molecule has 154 valence electrons. The van der Waals surface area contributed by atoms with Crippen molar-refractivity contribution < 1.29 is 4.39 Å². The summed E-state index contributed by atoms with van der Waals surface area (Å²) in [7, 11) is 0. The molecule has 0 saturated carbocycles. The molecular formula is C22H14Cl2FN5S. The highest BCUT2D eigenvalue weighted by molar-refractivity contribution is 7.99. The molecule has 2 heterocycles. The zero-order chi connectivity index (χ0) is 22.0.